The predicted octanol–water partition coefficient (Wildman–Crippen LogP) is 1.89. The van der Waals surface area contributed by atoms with E-state index in [2.05, 4.69) is 5.32 Å². The molecule has 1 aliphatic heterocycles. The van der Waals surface area contributed by atoms with Crippen molar-refractivity contribution >= 4 is 12.4 Å². The fourth-order valence-corrected chi connectivity index (χ4v) is 1.93. The normalized spacial score (nSPS) is 27.4. The molecule has 0 aromatic carbocycles. The van der Waals surface area contributed by atoms with Crippen molar-refractivity contribution in [3.8, 4) is 0 Å². The van der Waals surface area contributed by atoms with Gasteiger partial charge in [-0.1, -0.05) is 0 Å². The maximum absolute atomic E-state index is 11.7. The highest BCUT2D eigenvalue weighted by molar-refractivity contribution is 5.69. The molecule has 1 saturated heterocycles. The van der Waals surface area contributed by atoms with Crippen molar-refractivity contribution in [2.24, 2.45) is 5.92 Å². The summed E-state index contributed by atoms with van der Waals surface area (Å²) in [6.45, 7) is 9.62. The number of nitrogens with one attached hydrogen (secondary N) is 1. The molecule has 2 atom stereocenters. The number of hydrogen-bond acceptors (Lipinski definition) is 4. The molecule has 5 nitrogen and oxygen atoms in total. The fourth-order valence-electron chi connectivity index (χ4n) is 1.93. The van der Waals surface area contributed by atoms with Crippen molar-refractivity contribution in [2.45, 2.75) is 58.3 Å². The van der Waals surface area contributed by atoms with Crippen molar-refractivity contribution in [2.75, 3.05) is 6.61 Å². The van der Waals surface area contributed by atoms with Crippen molar-refractivity contribution in [3.63, 3.8) is 0 Å². The van der Waals surface area contributed by atoms with Crippen LogP contribution in [-0.4, -0.2) is 36.2 Å². The highest BCUT2D eigenvalue weighted by atomic mass is 16.6. The summed E-state index contributed by atoms with van der Waals surface area (Å²) in [6.07, 6.45) is 0.935. The molecule has 1 N–H and O–H groups in total. The second-order valence-electron chi connectivity index (χ2n) is 6.33. The van der Waals surface area contributed by atoms with Crippen LogP contribution in [-0.2, 0) is 14.3 Å². The molecular formula is C13H23NO4. The van der Waals surface area contributed by atoms with Crippen LogP contribution in [0.5, 0.6) is 0 Å². The zero-order chi connectivity index (χ0) is 14.0. The zero-order valence-electron chi connectivity index (χ0n) is 11.8. The molecule has 0 aliphatic carbocycles. The molecule has 1 fully saturated rings. The Morgan fingerprint density at radius 3 is 2.56 bits per heavy atom. The lowest BCUT2D eigenvalue weighted by molar-refractivity contribution is -0.126. The van der Waals surface area contributed by atoms with Crippen molar-refractivity contribution < 1.29 is 19.1 Å². The molecule has 0 bridgehead atoms. The Hall–Kier alpha value is -1.10. The topological polar surface area (TPSA) is 64.6 Å². The van der Waals surface area contributed by atoms with E-state index in [4.69, 9.17) is 9.47 Å². The van der Waals surface area contributed by atoms with E-state index in [1.165, 1.54) is 0 Å². The third-order valence-corrected chi connectivity index (χ3v) is 2.77. The minimum atomic E-state index is -0.540. The number of amides is 1. The number of aldehydes is 1. The van der Waals surface area contributed by atoms with Crippen LogP contribution in [0.15, 0.2) is 0 Å². The molecule has 0 radical (unpaired) electrons. The summed E-state index contributed by atoms with van der Waals surface area (Å²) in [7, 11) is 0. The van der Waals surface area contributed by atoms with Crippen LogP contribution in [0.3, 0.4) is 0 Å². The van der Waals surface area contributed by atoms with Crippen LogP contribution < -0.4 is 5.32 Å². The number of carbonyl (C=O) groups excluding carboxylic acids is 2. The van der Waals surface area contributed by atoms with Crippen molar-refractivity contribution in [3.05, 3.63) is 0 Å². The van der Waals surface area contributed by atoms with E-state index in [0.717, 1.165) is 6.29 Å². The molecule has 1 heterocycles. The number of rotatable bonds is 2. The largest absolute Gasteiger partial charge is 0.444 e. The Kier molecular flexibility index (Phi) is 4.37. The monoisotopic (exact) mass is 257 g/mol. The third kappa shape index (κ3) is 4.64. The molecule has 104 valence electrons. The van der Waals surface area contributed by atoms with Gasteiger partial charge in [0.05, 0.1) is 18.1 Å². The second-order valence-corrected chi connectivity index (χ2v) is 6.33. The SMILES string of the molecule is CC(C)(C)OC(=O)N[C@H]1CC(C)(C)OC[C@H]1C=O. The summed E-state index contributed by atoms with van der Waals surface area (Å²) < 4.78 is 10.8. The average molecular weight is 257 g/mol. The van der Waals surface area contributed by atoms with Gasteiger partial charge >= 0.3 is 6.09 Å². The molecule has 18 heavy (non-hydrogen) atoms. The summed E-state index contributed by atoms with van der Waals surface area (Å²) in [4.78, 5) is 22.7. The van der Waals surface area contributed by atoms with Crippen LogP contribution in [0.1, 0.15) is 41.0 Å². The van der Waals surface area contributed by atoms with Gasteiger partial charge in [-0.25, -0.2) is 4.79 Å². The van der Waals surface area contributed by atoms with Gasteiger partial charge in [0.1, 0.15) is 11.9 Å². The molecule has 0 spiro atoms. The standard InChI is InChI=1S/C13H23NO4/c1-12(2,3)18-11(16)14-10-6-13(4,5)17-8-9(10)7-15/h7,9-10H,6,8H2,1-5H3,(H,14,16)/t9-,10+/m1/s1. The first-order chi connectivity index (χ1) is 8.13. The Labute approximate surface area is 108 Å². The minimum Gasteiger partial charge on any atom is -0.444 e. The predicted molar refractivity (Wildman–Crippen MR) is 67.4 cm³/mol. The number of ether oxygens (including phenoxy) is 2. The van der Waals surface area contributed by atoms with Gasteiger partial charge in [-0.05, 0) is 41.0 Å². The minimum absolute atomic E-state index is 0.235. The maximum atomic E-state index is 11.7. The zero-order valence-corrected chi connectivity index (χ0v) is 11.8. The van der Waals surface area contributed by atoms with E-state index in [0.29, 0.717) is 13.0 Å². The molecule has 0 aromatic rings. The fraction of sp³-hybridized carbons (Fsp3) is 0.846. The lowest BCUT2D eigenvalue weighted by Gasteiger charge is -2.39. The highest BCUT2D eigenvalue weighted by Crippen LogP contribution is 2.27. The highest BCUT2D eigenvalue weighted by Gasteiger charge is 2.37. The smallest absolute Gasteiger partial charge is 0.407 e. The van der Waals surface area contributed by atoms with E-state index >= 15 is 0 Å². The lowest BCUT2D eigenvalue weighted by Crippen LogP contribution is -2.52. The van der Waals surface area contributed by atoms with Gasteiger partial charge in [0.2, 0.25) is 0 Å². The Morgan fingerprint density at radius 2 is 2.06 bits per heavy atom. The summed E-state index contributed by atoms with van der Waals surface area (Å²) in [5.41, 5.74) is -0.874. The molecule has 1 amide bonds. The van der Waals surface area contributed by atoms with Crippen molar-refractivity contribution in [1.82, 2.24) is 5.32 Å². The van der Waals surface area contributed by atoms with Crippen LogP contribution in [0.4, 0.5) is 4.79 Å². The first-order valence-corrected chi connectivity index (χ1v) is 6.22. The summed E-state index contributed by atoms with van der Waals surface area (Å²) in [6, 6.07) is -0.235. The molecule has 5 heteroatoms. The maximum Gasteiger partial charge on any atom is 0.407 e. The van der Waals surface area contributed by atoms with Crippen LogP contribution in [0.2, 0.25) is 0 Å². The summed E-state index contributed by atoms with van der Waals surface area (Å²) in [5.74, 6) is -0.314. The van der Waals surface area contributed by atoms with Crippen LogP contribution in [0.25, 0.3) is 0 Å². The second kappa shape index (κ2) is 5.26. The number of alkyl carbamates (subject to hydrolysis) is 1. The van der Waals surface area contributed by atoms with Crippen LogP contribution >= 0.6 is 0 Å². The lowest BCUT2D eigenvalue weighted by atomic mass is 9.87. The Morgan fingerprint density at radius 1 is 1.44 bits per heavy atom. The van der Waals surface area contributed by atoms with Gasteiger partial charge < -0.3 is 19.6 Å². The van der Waals surface area contributed by atoms with Gasteiger partial charge in [-0.15, -0.1) is 0 Å². The molecule has 0 unspecified atom stereocenters. The molecule has 1 rings (SSSR count). The van der Waals surface area contributed by atoms with E-state index in [1.54, 1.807) is 20.8 Å². The third-order valence-electron chi connectivity index (χ3n) is 2.77. The first-order valence-electron chi connectivity index (χ1n) is 6.22. The quantitative estimate of drug-likeness (QED) is 0.767. The van der Waals surface area contributed by atoms with E-state index in [9.17, 15) is 9.59 Å². The van der Waals surface area contributed by atoms with Gasteiger partial charge in [-0.3, -0.25) is 0 Å². The molecular weight excluding hydrogens is 234 g/mol. The molecule has 0 saturated carbocycles. The summed E-state index contributed by atoms with van der Waals surface area (Å²) in [5, 5.41) is 2.76. The first kappa shape index (κ1) is 15.0. The van der Waals surface area contributed by atoms with Crippen molar-refractivity contribution in [1.29, 1.82) is 0 Å². The Balaban J connectivity index is 2.61. The molecule has 0 aromatic heterocycles. The van der Waals surface area contributed by atoms with Gasteiger partial charge in [0.25, 0.3) is 0 Å². The van der Waals surface area contributed by atoms with Crippen LogP contribution in [0, 0.1) is 5.92 Å². The van der Waals surface area contributed by atoms with E-state index in [-0.39, 0.29) is 17.6 Å². The van der Waals surface area contributed by atoms with Gasteiger partial charge in [0, 0.05) is 6.04 Å². The van der Waals surface area contributed by atoms with E-state index in [1.807, 2.05) is 13.8 Å². The number of carbonyl (C=O) groups is 2. The van der Waals surface area contributed by atoms with Gasteiger partial charge in [0.15, 0.2) is 0 Å². The average Bonchev–Trinajstić information content (AvgIpc) is 2.13. The summed E-state index contributed by atoms with van der Waals surface area (Å²) >= 11 is 0. The van der Waals surface area contributed by atoms with Gasteiger partial charge in [-0.2, -0.15) is 0 Å². The number of hydrogen-bond donors (Lipinski definition) is 1. The molecule has 1 aliphatic rings. The Bertz CT molecular complexity index is 319. The van der Waals surface area contributed by atoms with E-state index < -0.39 is 11.7 Å².